The van der Waals surface area contributed by atoms with E-state index in [0.717, 1.165) is 27.2 Å². The molecule has 3 N–H and O–H groups in total. The first-order valence-electron chi connectivity index (χ1n) is 13.8. The number of halogens is 2. The summed E-state index contributed by atoms with van der Waals surface area (Å²) < 4.78 is 40.1. The van der Waals surface area contributed by atoms with Crippen LogP contribution in [0.2, 0.25) is 0 Å². The molecule has 1 atom stereocenters. The Morgan fingerprint density at radius 2 is 1.73 bits per heavy atom. The van der Waals surface area contributed by atoms with Crippen molar-refractivity contribution in [3.8, 4) is 21.9 Å². The first kappa shape index (κ1) is 31.1. The fraction of sp³-hybridized carbons (Fsp3) is 0.182. The molecular weight excluding hydrogens is 603 g/mol. The Hall–Kier alpha value is -4.29. The van der Waals surface area contributed by atoms with E-state index >= 15 is 4.39 Å². The van der Waals surface area contributed by atoms with Crippen LogP contribution < -0.4 is 20.7 Å². The fourth-order valence-corrected chi connectivity index (χ4v) is 5.73. The van der Waals surface area contributed by atoms with Crippen LogP contribution in [0.15, 0.2) is 85.1 Å². The number of amides is 1. The van der Waals surface area contributed by atoms with Crippen LogP contribution in [0.1, 0.15) is 18.1 Å². The summed E-state index contributed by atoms with van der Waals surface area (Å²) in [5.74, 6) is -0.854. The number of nitrogens with zero attached hydrogens (tertiary/aromatic N) is 1. The number of benzene rings is 3. The standard InChI is InChI=1S/C33H30F2N4O3S2/c1-20(19-41-2)37-18-22-3-7-23(8-4-22)30-17-27-32(44-30)29(13-14-36-27)42-28-12-11-25(16-26(28)35)38-33(43)39-31(40)15-21-5-9-24(34)10-6-21/h3-14,16-17,20,37H,15,18-19H2,1-2H3,(H2,38,39,40,43). The van der Waals surface area contributed by atoms with Gasteiger partial charge in [-0.3, -0.25) is 9.78 Å². The van der Waals surface area contributed by atoms with Crippen molar-refractivity contribution >= 4 is 50.5 Å². The van der Waals surface area contributed by atoms with Crippen LogP contribution in [0.25, 0.3) is 20.7 Å². The molecule has 5 aromatic rings. The lowest BCUT2D eigenvalue weighted by Gasteiger charge is -2.12. The molecule has 0 spiro atoms. The Morgan fingerprint density at radius 3 is 2.45 bits per heavy atom. The number of aromatic nitrogens is 1. The van der Waals surface area contributed by atoms with Gasteiger partial charge < -0.3 is 25.4 Å². The van der Waals surface area contributed by atoms with Crippen molar-refractivity contribution < 1.29 is 23.0 Å². The molecule has 44 heavy (non-hydrogen) atoms. The minimum absolute atomic E-state index is 0.0112. The average molecular weight is 633 g/mol. The molecule has 3 aromatic carbocycles. The van der Waals surface area contributed by atoms with Gasteiger partial charge in [-0.1, -0.05) is 36.4 Å². The normalized spacial score (nSPS) is 11.7. The molecule has 0 aliphatic carbocycles. The van der Waals surface area contributed by atoms with Crippen LogP contribution in [0.3, 0.4) is 0 Å². The molecule has 0 bridgehead atoms. The van der Waals surface area contributed by atoms with Crippen molar-refractivity contribution in [3.05, 3.63) is 108 Å². The molecule has 7 nitrogen and oxygen atoms in total. The minimum Gasteiger partial charge on any atom is -0.453 e. The predicted molar refractivity (Wildman–Crippen MR) is 174 cm³/mol. The van der Waals surface area contributed by atoms with Crippen molar-refractivity contribution in [1.82, 2.24) is 15.6 Å². The van der Waals surface area contributed by atoms with Gasteiger partial charge in [0.2, 0.25) is 5.91 Å². The van der Waals surface area contributed by atoms with E-state index in [1.165, 1.54) is 53.3 Å². The molecule has 0 fully saturated rings. The maximum absolute atomic E-state index is 15.1. The molecule has 11 heteroatoms. The summed E-state index contributed by atoms with van der Waals surface area (Å²) in [4.78, 5) is 17.8. The van der Waals surface area contributed by atoms with E-state index in [2.05, 4.69) is 52.1 Å². The zero-order valence-corrected chi connectivity index (χ0v) is 25.7. The second-order valence-electron chi connectivity index (χ2n) is 10.1. The van der Waals surface area contributed by atoms with Crippen LogP contribution >= 0.6 is 23.6 Å². The van der Waals surface area contributed by atoms with Crippen LogP contribution in [-0.2, 0) is 22.5 Å². The zero-order chi connectivity index (χ0) is 31.1. The summed E-state index contributed by atoms with van der Waals surface area (Å²) in [6.07, 6.45) is 1.65. The number of rotatable bonds is 11. The predicted octanol–water partition coefficient (Wildman–Crippen LogP) is 7.21. The number of ether oxygens (including phenoxy) is 2. The number of thiophene rings is 1. The van der Waals surface area contributed by atoms with Gasteiger partial charge in [-0.25, -0.2) is 8.78 Å². The van der Waals surface area contributed by atoms with Crippen molar-refractivity contribution in [2.75, 3.05) is 19.0 Å². The van der Waals surface area contributed by atoms with Gasteiger partial charge in [-0.15, -0.1) is 11.3 Å². The number of nitrogens with one attached hydrogen (secondary N) is 3. The van der Waals surface area contributed by atoms with Crippen molar-refractivity contribution in [2.24, 2.45) is 0 Å². The number of fused-ring (bicyclic) bond motifs is 1. The Labute approximate surface area is 263 Å². The van der Waals surface area contributed by atoms with Gasteiger partial charge >= 0.3 is 0 Å². The number of carbonyl (C=O) groups excluding carboxylic acids is 1. The number of pyridine rings is 1. The highest BCUT2D eigenvalue weighted by Gasteiger charge is 2.14. The number of thiocarbonyl (C=S) groups is 1. The van der Waals surface area contributed by atoms with E-state index < -0.39 is 5.82 Å². The number of carbonyl (C=O) groups is 1. The molecule has 2 heterocycles. The Balaban J connectivity index is 1.22. The monoisotopic (exact) mass is 632 g/mol. The number of hydrogen-bond acceptors (Lipinski definition) is 7. The Morgan fingerprint density at radius 1 is 0.977 bits per heavy atom. The average Bonchev–Trinajstić information content (AvgIpc) is 3.44. The van der Waals surface area contributed by atoms with Gasteiger partial charge in [0, 0.05) is 48.6 Å². The number of anilines is 1. The second-order valence-corrected chi connectivity index (χ2v) is 11.6. The molecular formula is C33H30F2N4O3S2. The molecule has 0 saturated heterocycles. The van der Waals surface area contributed by atoms with E-state index in [1.54, 1.807) is 25.4 Å². The molecule has 0 saturated carbocycles. The SMILES string of the molecule is COCC(C)NCc1ccc(-c2cc3nccc(Oc4ccc(NC(=S)NC(=O)Cc5ccc(F)cc5)cc4F)c3s2)cc1. The summed E-state index contributed by atoms with van der Waals surface area (Å²) in [6, 6.07) is 22.2. The number of hydrogen-bond donors (Lipinski definition) is 3. The highest BCUT2D eigenvalue weighted by molar-refractivity contribution is 7.80. The maximum atomic E-state index is 15.1. The minimum atomic E-state index is -0.610. The highest BCUT2D eigenvalue weighted by atomic mass is 32.1. The molecule has 0 aliphatic heterocycles. The second kappa shape index (κ2) is 14.5. The van der Waals surface area contributed by atoms with Crippen molar-refractivity contribution in [1.29, 1.82) is 0 Å². The Bertz CT molecular complexity index is 1760. The van der Waals surface area contributed by atoms with E-state index in [0.29, 0.717) is 23.6 Å². The van der Waals surface area contributed by atoms with Crippen molar-refractivity contribution in [3.63, 3.8) is 0 Å². The van der Waals surface area contributed by atoms with E-state index in [9.17, 15) is 9.18 Å². The zero-order valence-electron chi connectivity index (χ0n) is 24.0. The topological polar surface area (TPSA) is 84.5 Å². The molecule has 0 aliphatic rings. The molecule has 1 unspecified atom stereocenters. The summed E-state index contributed by atoms with van der Waals surface area (Å²) in [5, 5.41) is 8.78. The smallest absolute Gasteiger partial charge is 0.230 e. The largest absolute Gasteiger partial charge is 0.453 e. The van der Waals surface area contributed by atoms with E-state index in [4.69, 9.17) is 21.7 Å². The van der Waals surface area contributed by atoms with Crippen molar-refractivity contribution in [2.45, 2.75) is 25.9 Å². The van der Waals surface area contributed by atoms with E-state index in [-0.39, 0.29) is 35.0 Å². The van der Waals surface area contributed by atoms with Crippen LogP contribution in [-0.4, -0.2) is 35.8 Å². The third-order valence-electron chi connectivity index (χ3n) is 6.63. The summed E-state index contributed by atoms with van der Waals surface area (Å²) in [6.45, 7) is 3.47. The first-order chi connectivity index (χ1) is 21.3. The molecule has 0 radical (unpaired) electrons. The highest BCUT2D eigenvalue weighted by Crippen LogP contribution is 2.39. The van der Waals surface area contributed by atoms with Gasteiger partial charge in [-0.2, -0.15) is 0 Å². The van der Waals surface area contributed by atoms with Gasteiger partial charge in [-0.05, 0) is 66.2 Å². The lowest BCUT2D eigenvalue weighted by Crippen LogP contribution is -2.35. The van der Waals surface area contributed by atoms with E-state index in [1.807, 2.05) is 6.07 Å². The van der Waals surface area contributed by atoms with Gasteiger partial charge in [0.25, 0.3) is 0 Å². The van der Waals surface area contributed by atoms with Gasteiger partial charge in [0.1, 0.15) is 11.6 Å². The van der Waals surface area contributed by atoms with Crippen LogP contribution in [0, 0.1) is 11.6 Å². The quantitative estimate of drug-likeness (QED) is 0.133. The molecule has 2 aromatic heterocycles. The molecule has 5 rings (SSSR count). The van der Waals surface area contributed by atoms with Crippen LogP contribution in [0.5, 0.6) is 11.5 Å². The third-order valence-corrected chi connectivity index (χ3v) is 8.02. The third kappa shape index (κ3) is 8.20. The summed E-state index contributed by atoms with van der Waals surface area (Å²) in [5.41, 5.74) is 3.95. The lowest BCUT2D eigenvalue weighted by atomic mass is 10.1. The Kier molecular flexibility index (Phi) is 10.2. The summed E-state index contributed by atoms with van der Waals surface area (Å²) >= 11 is 6.72. The fourth-order valence-electron chi connectivity index (χ4n) is 4.43. The first-order valence-corrected chi connectivity index (χ1v) is 15.0. The maximum Gasteiger partial charge on any atom is 0.230 e. The van der Waals surface area contributed by atoms with Crippen LogP contribution in [0.4, 0.5) is 14.5 Å². The lowest BCUT2D eigenvalue weighted by molar-refractivity contribution is -0.119. The van der Waals surface area contributed by atoms with Gasteiger partial charge in [0.15, 0.2) is 16.7 Å². The number of methoxy groups -OCH3 is 1. The van der Waals surface area contributed by atoms with Gasteiger partial charge in [0.05, 0.1) is 23.2 Å². The molecule has 226 valence electrons. The molecule has 1 amide bonds. The summed E-state index contributed by atoms with van der Waals surface area (Å²) in [7, 11) is 1.69.